The Bertz CT molecular complexity index is 566. The van der Waals surface area contributed by atoms with Gasteiger partial charge in [0.15, 0.2) is 0 Å². The van der Waals surface area contributed by atoms with Gasteiger partial charge in [0.25, 0.3) is 5.91 Å². The molecule has 1 amide bonds. The number of carboxylic acids is 1. The summed E-state index contributed by atoms with van der Waals surface area (Å²) in [5.74, 6) is -1.23. The van der Waals surface area contributed by atoms with Crippen LogP contribution in [0.3, 0.4) is 0 Å². The van der Waals surface area contributed by atoms with Gasteiger partial charge in [0.1, 0.15) is 0 Å². The van der Waals surface area contributed by atoms with Crippen LogP contribution in [0.4, 0.5) is 0 Å². The molecule has 2 aliphatic rings. The number of amides is 1. The first-order valence-electron chi connectivity index (χ1n) is 7.11. The van der Waals surface area contributed by atoms with E-state index in [2.05, 4.69) is 5.10 Å². The number of hydrogen-bond acceptors (Lipinski definition) is 3. The molecular formula is C14H19N3O3. The first-order valence-corrected chi connectivity index (χ1v) is 7.11. The number of carbonyl (C=O) groups is 2. The first-order chi connectivity index (χ1) is 9.52. The summed E-state index contributed by atoms with van der Waals surface area (Å²) in [5.41, 5.74) is 1.41. The van der Waals surface area contributed by atoms with E-state index in [0.717, 1.165) is 18.5 Å². The van der Waals surface area contributed by atoms with Gasteiger partial charge in [-0.15, -0.1) is 0 Å². The molecule has 1 N–H and O–H groups in total. The molecule has 1 aromatic rings. The van der Waals surface area contributed by atoms with Gasteiger partial charge in [0.05, 0.1) is 17.2 Å². The molecule has 2 bridgehead atoms. The predicted octanol–water partition coefficient (Wildman–Crippen LogP) is 1.06. The van der Waals surface area contributed by atoms with Crippen molar-refractivity contribution in [1.29, 1.82) is 0 Å². The highest BCUT2D eigenvalue weighted by Gasteiger charge is 2.51. The zero-order valence-electron chi connectivity index (χ0n) is 11.7. The van der Waals surface area contributed by atoms with Crippen LogP contribution in [0, 0.1) is 5.92 Å². The Balaban J connectivity index is 1.90. The second-order valence-electron chi connectivity index (χ2n) is 5.71. The Hall–Kier alpha value is -1.85. The normalized spacial score (nSPS) is 28.1. The van der Waals surface area contributed by atoms with Crippen molar-refractivity contribution in [3.05, 3.63) is 17.5 Å². The van der Waals surface area contributed by atoms with E-state index in [9.17, 15) is 14.7 Å². The largest absolute Gasteiger partial charge is 0.481 e. The van der Waals surface area contributed by atoms with Crippen LogP contribution in [-0.4, -0.2) is 43.7 Å². The van der Waals surface area contributed by atoms with Gasteiger partial charge in [-0.05, 0) is 25.7 Å². The zero-order chi connectivity index (χ0) is 14.4. The van der Waals surface area contributed by atoms with Gasteiger partial charge in [0.2, 0.25) is 0 Å². The van der Waals surface area contributed by atoms with Crippen molar-refractivity contribution in [1.82, 2.24) is 14.7 Å². The molecule has 3 unspecified atom stereocenters. The number of fused-ring (bicyclic) bond motifs is 2. The van der Waals surface area contributed by atoms with Crippen molar-refractivity contribution in [3.63, 3.8) is 0 Å². The smallest absolute Gasteiger partial charge is 0.308 e. The molecule has 1 aromatic heterocycles. The number of hydrogen-bond donors (Lipinski definition) is 1. The maximum Gasteiger partial charge on any atom is 0.308 e. The van der Waals surface area contributed by atoms with Gasteiger partial charge in [-0.25, -0.2) is 0 Å². The quantitative estimate of drug-likeness (QED) is 0.896. The van der Waals surface area contributed by atoms with E-state index in [1.54, 1.807) is 22.8 Å². The van der Waals surface area contributed by atoms with E-state index in [1.165, 1.54) is 0 Å². The summed E-state index contributed by atoms with van der Waals surface area (Å²) in [6, 6.07) is -0.0616. The maximum absolute atomic E-state index is 12.7. The van der Waals surface area contributed by atoms with Crippen molar-refractivity contribution < 1.29 is 14.7 Å². The van der Waals surface area contributed by atoms with Crippen molar-refractivity contribution >= 4 is 11.9 Å². The van der Waals surface area contributed by atoms with E-state index in [-0.39, 0.29) is 18.0 Å². The highest BCUT2D eigenvalue weighted by molar-refractivity contribution is 5.96. The number of aryl methyl sites for hydroxylation is 2. The minimum atomic E-state index is -0.781. The molecular weight excluding hydrogens is 258 g/mol. The molecule has 3 heterocycles. The lowest BCUT2D eigenvalue weighted by Gasteiger charge is -2.22. The Morgan fingerprint density at radius 2 is 2.20 bits per heavy atom. The average Bonchev–Trinajstić information content (AvgIpc) is 3.09. The summed E-state index contributed by atoms with van der Waals surface area (Å²) in [6.45, 7) is 1.97. The highest BCUT2D eigenvalue weighted by Crippen LogP contribution is 2.42. The lowest BCUT2D eigenvalue weighted by atomic mass is 9.89. The van der Waals surface area contributed by atoms with Crippen LogP contribution in [0.5, 0.6) is 0 Å². The van der Waals surface area contributed by atoms with Crippen LogP contribution in [0.15, 0.2) is 6.20 Å². The summed E-state index contributed by atoms with van der Waals surface area (Å²) >= 11 is 0. The number of aromatic nitrogens is 2. The number of carbonyl (C=O) groups excluding carboxylic acids is 1. The minimum Gasteiger partial charge on any atom is -0.481 e. The van der Waals surface area contributed by atoms with Gasteiger partial charge in [-0.2, -0.15) is 5.10 Å². The predicted molar refractivity (Wildman–Crippen MR) is 71.3 cm³/mol. The van der Waals surface area contributed by atoms with Crippen molar-refractivity contribution in [2.45, 2.75) is 44.7 Å². The third kappa shape index (κ3) is 1.82. The van der Waals surface area contributed by atoms with Crippen molar-refractivity contribution in [2.24, 2.45) is 13.0 Å². The Kier molecular flexibility index (Phi) is 3.03. The van der Waals surface area contributed by atoms with E-state index < -0.39 is 11.9 Å². The lowest BCUT2D eigenvalue weighted by molar-refractivity contribution is -0.142. The standard InChI is InChI=1S/C14H19N3O3/c1-3-11-10(7-16(2)15-11)13(18)17-8-4-5-12(17)9(6-8)14(19)20/h7-9,12H,3-6H2,1-2H3,(H,19,20). The molecule has 2 saturated heterocycles. The fourth-order valence-electron chi connectivity index (χ4n) is 3.68. The molecule has 0 spiro atoms. The number of carboxylic acid groups (broad SMARTS) is 1. The van der Waals surface area contributed by atoms with E-state index in [1.807, 2.05) is 6.92 Å². The molecule has 3 rings (SSSR count). The van der Waals surface area contributed by atoms with Crippen LogP contribution in [0.2, 0.25) is 0 Å². The second kappa shape index (κ2) is 4.61. The Morgan fingerprint density at radius 3 is 2.80 bits per heavy atom. The van der Waals surface area contributed by atoms with Crippen LogP contribution >= 0.6 is 0 Å². The van der Waals surface area contributed by atoms with Gasteiger partial charge < -0.3 is 10.0 Å². The van der Waals surface area contributed by atoms with Gasteiger partial charge >= 0.3 is 5.97 Å². The fraction of sp³-hybridized carbons (Fsp3) is 0.643. The fourth-order valence-corrected chi connectivity index (χ4v) is 3.68. The molecule has 6 heteroatoms. The summed E-state index contributed by atoms with van der Waals surface area (Å²) in [6.07, 6.45) is 4.76. The second-order valence-corrected chi connectivity index (χ2v) is 5.71. The van der Waals surface area contributed by atoms with E-state index in [4.69, 9.17) is 0 Å². The van der Waals surface area contributed by atoms with Crippen molar-refractivity contribution in [2.75, 3.05) is 0 Å². The first kappa shape index (κ1) is 13.1. The Labute approximate surface area is 117 Å². The number of aliphatic carboxylic acids is 1. The third-order valence-corrected chi connectivity index (χ3v) is 4.56. The third-order valence-electron chi connectivity index (χ3n) is 4.56. The molecule has 2 fully saturated rings. The highest BCUT2D eigenvalue weighted by atomic mass is 16.4. The Morgan fingerprint density at radius 1 is 1.45 bits per heavy atom. The SMILES string of the molecule is CCc1nn(C)cc1C(=O)N1C2CCC1C(C(=O)O)C2. The lowest BCUT2D eigenvalue weighted by Crippen LogP contribution is -2.38. The number of rotatable bonds is 3. The van der Waals surface area contributed by atoms with Crippen LogP contribution in [0.25, 0.3) is 0 Å². The minimum absolute atomic E-state index is 0.0498. The van der Waals surface area contributed by atoms with E-state index in [0.29, 0.717) is 18.4 Å². The van der Waals surface area contributed by atoms with Crippen LogP contribution in [-0.2, 0) is 18.3 Å². The molecule has 108 valence electrons. The summed E-state index contributed by atoms with van der Waals surface area (Å²) in [7, 11) is 1.80. The van der Waals surface area contributed by atoms with Crippen molar-refractivity contribution in [3.8, 4) is 0 Å². The monoisotopic (exact) mass is 277 g/mol. The molecule has 6 nitrogen and oxygen atoms in total. The molecule has 0 aromatic carbocycles. The molecule has 0 radical (unpaired) electrons. The summed E-state index contributed by atoms with van der Waals surface area (Å²) in [5, 5.41) is 13.6. The summed E-state index contributed by atoms with van der Waals surface area (Å²) in [4.78, 5) is 25.8. The molecule has 0 saturated carbocycles. The van der Waals surface area contributed by atoms with Crippen LogP contribution < -0.4 is 0 Å². The molecule has 3 atom stereocenters. The molecule has 2 aliphatic heterocycles. The van der Waals surface area contributed by atoms with Crippen LogP contribution in [0.1, 0.15) is 42.2 Å². The summed E-state index contributed by atoms with van der Waals surface area (Å²) < 4.78 is 1.65. The average molecular weight is 277 g/mol. The maximum atomic E-state index is 12.7. The topological polar surface area (TPSA) is 75.4 Å². The molecule has 20 heavy (non-hydrogen) atoms. The van der Waals surface area contributed by atoms with Gasteiger partial charge in [-0.3, -0.25) is 14.3 Å². The van der Waals surface area contributed by atoms with Gasteiger partial charge in [0, 0.05) is 25.3 Å². The molecule has 0 aliphatic carbocycles. The number of nitrogens with zero attached hydrogens (tertiary/aromatic N) is 3. The van der Waals surface area contributed by atoms with Gasteiger partial charge in [-0.1, -0.05) is 6.92 Å². The zero-order valence-corrected chi connectivity index (χ0v) is 11.7. The van der Waals surface area contributed by atoms with E-state index >= 15 is 0 Å².